The van der Waals surface area contributed by atoms with Gasteiger partial charge in [-0.3, -0.25) is 4.72 Å². The molecule has 1 rings (SSSR count). The lowest BCUT2D eigenvalue weighted by Crippen LogP contribution is -2.21. The number of nitrogens with two attached hydrogens (primary N) is 1. The summed E-state index contributed by atoms with van der Waals surface area (Å²) in [6.45, 7) is 5.99. The van der Waals surface area contributed by atoms with Gasteiger partial charge in [-0.15, -0.1) is 0 Å². The van der Waals surface area contributed by atoms with E-state index in [0.717, 1.165) is 0 Å². The molecule has 0 aliphatic carbocycles. The molecule has 1 heterocycles. The number of nitrogen functional groups attached to an aromatic ring is 1. The van der Waals surface area contributed by atoms with Crippen LogP contribution in [0.5, 0.6) is 0 Å². The third kappa shape index (κ3) is 5.04. The average Bonchev–Trinajstić information content (AvgIpc) is 2.18. The molecule has 0 aromatic carbocycles. The molecule has 0 radical (unpaired) electrons. The molecule has 0 fully saturated rings. The Morgan fingerprint density at radius 1 is 1.41 bits per heavy atom. The van der Waals surface area contributed by atoms with Gasteiger partial charge >= 0.3 is 0 Å². The number of anilines is 2. The van der Waals surface area contributed by atoms with Crippen molar-refractivity contribution < 1.29 is 8.42 Å². The monoisotopic (exact) mass is 257 g/mol. The summed E-state index contributed by atoms with van der Waals surface area (Å²) in [5, 5.41) is 0. The summed E-state index contributed by atoms with van der Waals surface area (Å²) < 4.78 is 26.0. The Morgan fingerprint density at radius 3 is 2.59 bits per heavy atom. The highest BCUT2D eigenvalue weighted by Gasteiger charge is 2.18. The van der Waals surface area contributed by atoms with E-state index in [1.54, 1.807) is 12.1 Å². The van der Waals surface area contributed by atoms with Gasteiger partial charge in [0.1, 0.15) is 0 Å². The maximum atomic E-state index is 11.8. The molecule has 3 N–H and O–H groups in total. The van der Waals surface area contributed by atoms with E-state index in [2.05, 4.69) is 9.71 Å². The van der Waals surface area contributed by atoms with Gasteiger partial charge in [-0.2, -0.15) is 0 Å². The van der Waals surface area contributed by atoms with E-state index in [1.807, 2.05) is 20.8 Å². The Hall–Kier alpha value is -1.30. The molecule has 0 atom stereocenters. The third-order valence-electron chi connectivity index (χ3n) is 2.21. The SMILES string of the molecule is CC(C)(C)CCS(=O)(=O)Nc1ncccc1N. The first-order chi connectivity index (χ1) is 7.70. The van der Waals surface area contributed by atoms with Gasteiger partial charge in [-0.25, -0.2) is 13.4 Å². The van der Waals surface area contributed by atoms with Crippen LogP contribution in [-0.2, 0) is 10.0 Å². The summed E-state index contributed by atoms with van der Waals surface area (Å²) in [6, 6.07) is 3.26. The van der Waals surface area contributed by atoms with Crippen LogP contribution in [-0.4, -0.2) is 19.2 Å². The zero-order valence-electron chi connectivity index (χ0n) is 10.4. The molecule has 0 aliphatic heterocycles. The number of aromatic nitrogens is 1. The highest BCUT2D eigenvalue weighted by Crippen LogP contribution is 2.21. The summed E-state index contributed by atoms with van der Waals surface area (Å²) in [5.74, 6) is 0.258. The molecule has 0 saturated heterocycles. The second-order valence-electron chi connectivity index (χ2n) is 5.17. The topological polar surface area (TPSA) is 85.1 Å². The first-order valence-electron chi connectivity index (χ1n) is 5.41. The number of hydrogen-bond donors (Lipinski definition) is 2. The first-order valence-corrected chi connectivity index (χ1v) is 7.06. The van der Waals surface area contributed by atoms with Crippen molar-refractivity contribution in [1.29, 1.82) is 0 Å². The van der Waals surface area contributed by atoms with E-state index < -0.39 is 10.0 Å². The van der Waals surface area contributed by atoms with Crippen LogP contribution < -0.4 is 10.5 Å². The molecular weight excluding hydrogens is 238 g/mol. The molecule has 1 aromatic heterocycles. The second-order valence-corrected chi connectivity index (χ2v) is 7.01. The lowest BCUT2D eigenvalue weighted by molar-refractivity contribution is 0.397. The molecule has 96 valence electrons. The van der Waals surface area contributed by atoms with Gasteiger partial charge in [0, 0.05) is 6.20 Å². The van der Waals surface area contributed by atoms with Crippen LogP contribution in [0, 0.1) is 5.41 Å². The van der Waals surface area contributed by atoms with Gasteiger partial charge < -0.3 is 5.73 Å². The van der Waals surface area contributed by atoms with Crippen LogP contribution in [0.2, 0.25) is 0 Å². The minimum absolute atomic E-state index is 0.0234. The molecule has 0 unspecified atom stereocenters. The molecule has 0 bridgehead atoms. The predicted octanol–water partition coefficient (Wildman–Crippen LogP) is 1.84. The fourth-order valence-electron chi connectivity index (χ4n) is 1.14. The summed E-state index contributed by atoms with van der Waals surface area (Å²) in [7, 11) is -3.38. The maximum Gasteiger partial charge on any atom is 0.233 e. The standard InChI is InChI=1S/C11H19N3O2S/c1-11(2,3)6-8-17(15,16)14-10-9(12)5-4-7-13-10/h4-5,7H,6,8,12H2,1-3H3,(H,13,14). The van der Waals surface area contributed by atoms with E-state index in [0.29, 0.717) is 12.1 Å². The Bertz CT molecular complexity index is 478. The Kier molecular flexibility index (Phi) is 3.98. The van der Waals surface area contributed by atoms with Crippen molar-refractivity contribution >= 4 is 21.5 Å². The van der Waals surface area contributed by atoms with Gasteiger partial charge in [0.15, 0.2) is 5.82 Å². The lowest BCUT2D eigenvalue weighted by Gasteiger charge is -2.18. The highest BCUT2D eigenvalue weighted by molar-refractivity contribution is 7.92. The fraction of sp³-hybridized carbons (Fsp3) is 0.545. The number of pyridine rings is 1. The molecule has 17 heavy (non-hydrogen) atoms. The van der Waals surface area contributed by atoms with Crippen LogP contribution in [0.4, 0.5) is 11.5 Å². The minimum atomic E-state index is -3.38. The molecular formula is C11H19N3O2S. The summed E-state index contributed by atoms with van der Waals surface area (Å²) in [6.07, 6.45) is 2.08. The van der Waals surface area contributed by atoms with Crippen molar-refractivity contribution in [2.45, 2.75) is 27.2 Å². The van der Waals surface area contributed by atoms with E-state index in [4.69, 9.17) is 5.73 Å². The van der Waals surface area contributed by atoms with Crippen LogP contribution >= 0.6 is 0 Å². The largest absolute Gasteiger partial charge is 0.396 e. The zero-order chi connectivity index (χ0) is 13.1. The Labute approximate surface area is 102 Å². The van der Waals surface area contributed by atoms with Gasteiger partial charge in [-0.1, -0.05) is 20.8 Å². The van der Waals surface area contributed by atoms with Crippen molar-refractivity contribution in [3.8, 4) is 0 Å². The zero-order valence-corrected chi connectivity index (χ0v) is 11.2. The van der Waals surface area contributed by atoms with Crippen molar-refractivity contribution in [1.82, 2.24) is 4.98 Å². The number of hydrogen-bond acceptors (Lipinski definition) is 4. The van der Waals surface area contributed by atoms with Crippen LogP contribution in [0.1, 0.15) is 27.2 Å². The quantitative estimate of drug-likeness (QED) is 0.862. The minimum Gasteiger partial charge on any atom is -0.396 e. The summed E-state index contributed by atoms with van der Waals surface area (Å²) in [4.78, 5) is 3.89. The maximum absolute atomic E-state index is 11.8. The molecule has 0 saturated carbocycles. The molecule has 0 spiro atoms. The second kappa shape index (κ2) is 4.91. The number of rotatable bonds is 4. The number of nitrogens with one attached hydrogen (secondary N) is 1. The van der Waals surface area contributed by atoms with Crippen molar-refractivity contribution in [3.63, 3.8) is 0 Å². The summed E-state index contributed by atoms with van der Waals surface area (Å²) >= 11 is 0. The van der Waals surface area contributed by atoms with Crippen molar-refractivity contribution in [3.05, 3.63) is 18.3 Å². The lowest BCUT2D eigenvalue weighted by atomic mass is 9.94. The third-order valence-corrected chi connectivity index (χ3v) is 3.46. The first kappa shape index (κ1) is 13.8. The van der Waals surface area contributed by atoms with Gasteiger partial charge in [0.25, 0.3) is 0 Å². The van der Waals surface area contributed by atoms with E-state index in [1.165, 1.54) is 6.20 Å². The van der Waals surface area contributed by atoms with Gasteiger partial charge in [-0.05, 0) is 24.0 Å². The normalized spacial score (nSPS) is 12.4. The predicted molar refractivity (Wildman–Crippen MR) is 70.1 cm³/mol. The average molecular weight is 257 g/mol. The van der Waals surface area contributed by atoms with Gasteiger partial charge in [0.2, 0.25) is 10.0 Å². The highest BCUT2D eigenvalue weighted by atomic mass is 32.2. The van der Waals surface area contributed by atoms with Crippen LogP contribution in [0.25, 0.3) is 0 Å². The van der Waals surface area contributed by atoms with E-state index in [9.17, 15) is 8.42 Å². The van der Waals surface area contributed by atoms with E-state index >= 15 is 0 Å². The van der Waals surface area contributed by atoms with Crippen LogP contribution in [0.15, 0.2) is 18.3 Å². The Balaban J connectivity index is 2.71. The van der Waals surface area contributed by atoms with Crippen LogP contribution in [0.3, 0.4) is 0 Å². The fourth-order valence-corrected chi connectivity index (χ4v) is 2.59. The van der Waals surface area contributed by atoms with Gasteiger partial charge in [0.05, 0.1) is 11.4 Å². The summed E-state index contributed by atoms with van der Waals surface area (Å²) in [5.41, 5.74) is 5.92. The van der Waals surface area contributed by atoms with Crippen molar-refractivity contribution in [2.75, 3.05) is 16.2 Å². The molecule has 0 aliphatic rings. The van der Waals surface area contributed by atoms with Crippen molar-refractivity contribution in [2.24, 2.45) is 5.41 Å². The molecule has 1 aromatic rings. The van der Waals surface area contributed by atoms with E-state index in [-0.39, 0.29) is 17.0 Å². The Morgan fingerprint density at radius 2 is 2.06 bits per heavy atom. The smallest absolute Gasteiger partial charge is 0.233 e. The molecule has 5 nitrogen and oxygen atoms in total. The number of nitrogens with zero attached hydrogens (tertiary/aromatic N) is 1. The molecule has 0 amide bonds. The number of sulfonamides is 1. The molecule has 6 heteroatoms.